The van der Waals surface area contributed by atoms with Gasteiger partial charge in [0, 0.05) is 27.5 Å². The van der Waals surface area contributed by atoms with Crippen LogP contribution in [0.1, 0.15) is 24.0 Å². The van der Waals surface area contributed by atoms with Crippen molar-refractivity contribution in [2.24, 2.45) is 5.73 Å². The van der Waals surface area contributed by atoms with Gasteiger partial charge in [-0.25, -0.2) is 4.79 Å². The average Bonchev–Trinajstić information content (AvgIpc) is 3.52. The molecule has 3 N–H and O–H groups in total. The zero-order valence-electron chi connectivity index (χ0n) is 17.6. The number of hydrogen-bond donors (Lipinski definition) is 2. The summed E-state index contributed by atoms with van der Waals surface area (Å²) >= 11 is 16.0. The largest absolute Gasteiger partial charge is 0.364 e. The van der Waals surface area contributed by atoms with E-state index in [0.29, 0.717) is 42.4 Å². The Bertz CT molecular complexity index is 979. The van der Waals surface area contributed by atoms with Crippen molar-refractivity contribution in [3.05, 3.63) is 68.1 Å². The Hall–Kier alpha value is -1.44. The topological polar surface area (TPSA) is 72.2 Å². The molecule has 1 aliphatic carbocycles. The van der Waals surface area contributed by atoms with Gasteiger partial charge in [-0.3, -0.25) is 9.28 Å². The van der Waals surface area contributed by atoms with Gasteiger partial charge in [-0.1, -0.05) is 57.3 Å². The molecule has 1 unspecified atom stereocenters. The second kappa shape index (κ2) is 9.59. The second-order valence-electron chi connectivity index (χ2n) is 8.36. The summed E-state index contributed by atoms with van der Waals surface area (Å²) in [5.41, 5.74) is 6.87. The van der Waals surface area contributed by atoms with E-state index in [0.717, 1.165) is 15.6 Å². The Labute approximate surface area is 201 Å². The first kappa shape index (κ1) is 24.2. The molecule has 2 aromatic carbocycles. The van der Waals surface area contributed by atoms with Gasteiger partial charge in [0.25, 0.3) is 5.91 Å². The minimum absolute atomic E-state index is 0.0344. The predicted octanol–water partition coefficient (Wildman–Crippen LogP) is 4.08. The molecule has 0 radical (unpaired) electrons. The van der Waals surface area contributed by atoms with Crippen LogP contribution in [0.3, 0.4) is 0 Å². The fourth-order valence-electron chi connectivity index (χ4n) is 4.26. The summed E-state index contributed by atoms with van der Waals surface area (Å²) in [5.74, 6) is -0.527. The van der Waals surface area contributed by atoms with Crippen LogP contribution in [0.25, 0.3) is 0 Å². The number of nitrogens with two attached hydrogens (primary N) is 1. The lowest BCUT2D eigenvalue weighted by Crippen LogP contribution is -2.66. The van der Waals surface area contributed by atoms with E-state index in [9.17, 15) is 9.59 Å². The maximum Gasteiger partial charge on any atom is 0.324 e. The summed E-state index contributed by atoms with van der Waals surface area (Å²) in [5, 5.41) is 4.10. The summed E-state index contributed by atoms with van der Waals surface area (Å²) in [6.07, 6.45) is 1.74. The Balaban J connectivity index is 2.01. The summed E-state index contributed by atoms with van der Waals surface area (Å²) < 4.78 is 0.857. The van der Waals surface area contributed by atoms with Crippen LogP contribution in [-0.4, -0.2) is 49.5 Å². The Morgan fingerprint density at radius 2 is 1.84 bits per heavy atom. The smallest absolute Gasteiger partial charge is 0.324 e. The van der Waals surface area contributed by atoms with E-state index in [2.05, 4.69) is 21.2 Å². The van der Waals surface area contributed by atoms with E-state index in [1.807, 2.05) is 44.4 Å². The number of nitrogens with one attached hydrogen (secondary N) is 1. The zero-order chi connectivity index (χ0) is 22.8. The molecule has 31 heavy (non-hydrogen) atoms. The number of nitrogens with zero attached hydrogens (tertiary/aromatic N) is 1. The summed E-state index contributed by atoms with van der Waals surface area (Å²) in [6, 6.07) is 12.3. The van der Waals surface area contributed by atoms with Crippen molar-refractivity contribution in [1.29, 1.82) is 0 Å². The number of rotatable bonds is 9. The molecule has 2 atom stereocenters. The van der Waals surface area contributed by atoms with Gasteiger partial charge in [-0.2, -0.15) is 0 Å². The van der Waals surface area contributed by atoms with Gasteiger partial charge < -0.3 is 11.1 Å². The van der Waals surface area contributed by atoms with Crippen LogP contribution in [-0.2, 0) is 21.4 Å². The Morgan fingerprint density at radius 1 is 1.19 bits per heavy atom. The van der Waals surface area contributed by atoms with Crippen LogP contribution in [0, 0.1) is 0 Å². The number of halogens is 3. The van der Waals surface area contributed by atoms with Gasteiger partial charge >= 0.3 is 5.91 Å². The first-order chi connectivity index (χ1) is 14.6. The molecular formula is C23H27BrCl2N3O2+. The maximum absolute atomic E-state index is 14.1. The molecule has 0 saturated heterocycles. The summed E-state index contributed by atoms with van der Waals surface area (Å²) in [4.78, 5) is 26.8. The molecule has 0 bridgehead atoms. The van der Waals surface area contributed by atoms with Crippen molar-refractivity contribution in [2.75, 3.05) is 27.2 Å². The number of amides is 2. The molecule has 166 valence electrons. The minimum Gasteiger partial charge on any atom is -0.364 e. The normalized spacial score (nSPS) is 17.6. The van der Waals surface area contributed by atoms with Gasteiger partial charge in [-0.05, 0) is 55.3 Å². The molecule has 1 saturated carbocycles. The predicted molar refractivity (Wildman–Crippen MR) is 128 cm³/mol. The van der Waals surface area contributed by atoms with E-state index in [1.165, 1.54) is 0 Å². The first-order valence-electron chi connectivity index (χ1n) is 10.2. The van der Waals surface area contributed by atoms with Crippen LogP contribution in [0.5, 0.6) is 0 Å². The van der Waals surface area contributed by atoms with Crippen molar-refractivity contribution in [3.63, 3.8) is 0 Å². The van der Waals surface area contributed by atoms with Crippen molar-refractivity contribution >= 4 is 50.9 Å². The Morgan fingerprint density at radius 3 is 2.35 bits per heavy atom. The van der Waals surface area contributed by atoms with E-state index < -0.39 is 17.4 Å². The number of likely N-dealkylation sites (N-methyl/N-ethyl adjacent to an activating group) is 2. The zero-order valence-corrected chi connectivity index (χ0v) is 20.7. The number of hydrogen-bond acceptors (Lipinski definition) is 3. The molecular weight excluding hydrogens is 501 g/mol. The first-order valence-corrected chi connectivity index (χ1v) is 11.7. The lowest BCUT2D eigenvalue weighted by molar-refractivity contribution is -0.851. The fourth-order valence-corrected chi connectivity index (χ4v) is 5.11. The lowest BCUT2D eigenvalue weighted by atomic mass is 9.90. The lowest BCUT2D eigenvalue weighted by Gasteiger charge is -2.40. The molecule has 0 heterocycles. The molecule has 2 aromatic rings. The quantitative estimate of drug-likeness (QED) is 0.483. The molecule has 1 fully saturated rings. The van der Waals surface area contributed by atoms with Crippen molar-refractivity contribution < 1.29 is 14.1 Å². The van der Waals surface area contributed by atoms with Crippen LogP contribution < -0.4 is 11.1 Å². The van der Waals surface area contributed by atoms with E-state index in [1.54, 1.807) is 12.1 Å². The summed E-state index contributed by atoms with van der Waals surface area (Å²) in [7, 11) is 3.64. The van der Waals surface area contributed by atoms with Gasteiger partial charge in [0.15, 0.2) is 6.04 Å². The van der Waals surface area contributed by atoms with Crippen LogP contribution >= 0.6 is 39.1 Å². The maximum atomic E-state index is 14.1. The van der Waals surface area contributed by atoms with Gasteiger partial charge in [0.2, 0.25) is 0 Å². The van der Waals surface area contributed by atoms with Crippen molar-refractivity contribution in [2.45, 2.75) is 30.7 Å². The third-order valence-corrected chi connectivity index (χ3v) is 7.33. The molecule has 1 aliphatic rings. The highest BCUT2D eigenvalue weighted by molar-refractivity contribution is 9.10. The van der Waals surface area contributed by atoms with Gasteiger partial charge in [0.05, 0.1) is 13.6 Å². The highest BCUT2D eigenvalue weighted by Crippen LogP contribution is 2.53. The van der Waals surface area contributed by atoms with E-state index in [4.69, 9.17) is 28.9 Å². The molecule has 5 nitrogen and oxygen atoms in total. The number of primary amides is 1. The van der Waals surface area contributed by atoms with Crippen LogP contribution in [0.15, 0.2) is 46.9 Å². The second-order valence-corrected chi connectivity index (χ2v) is 10.1. The molecule has 0 aliphatic heterocycles. The van der Waals surface area contributed by atoms with E-state index >= 15 is 0 Å². The number of carbonyl (C=O) groups excluding carboxylic acids is 2. The SMILES string of the molecule is CNCC[N+](C)(C(=O)C1(c2ccc(Cl)cc2Cl)CC1)[C@@H](Cc1ccc(Br)cc1)C(N)=O. The standard InChI is InChI=1S/C23H26BrCl2N3O2/c1-28-11-12-29(2,20(21(27)30)13-15-3-5-16(24)6-4-15)22(31)23(9-10-23)18-8-7-17(25)14-19(18)26/h3-8,14,20,28H,9-13H2,1-2H3,(H-,27,30)/p+1/t20-,29?/m0/s1. The molecule has 0 spiro atoms. The van der Waals surface area contributed by atoms with Gasteiger partial charge in [0.1, 0.15) is 5.41 Å². The number of benzene rings is 2. The van der Waals surface area contributed by atoms with Crippen molar-refractivity contribution in [1.82, 2.24) is 5.32 Å². The monoisotopic (exact) mass is 526 g/mol. The van der Waals surface area contributed by atoms with E-state index in [-0.39, 0.29) is 10.4 Å². The summed E-state index contributed by atoms with van der Waals surface area (Å²) in [6.45, 7) is 1.00. The average molecular weight is 528 g/mol. The number of carbonyl (C=O) groups is 2. The molecule has 3 rings (SSSR count). The highest BCUT2D eigenvalue weighted by Gasteiger charge is 2.62. The Kier molecular flexibility index (Phi) is 7.49. The van der Waals surface area contributed by atoms with Crippen molar-refractivity contribution in [3.8, 4) is 0 Å². The van der Waals surface area contributed by atoms with Crippen LogP contribution in [0.2, 0.25) is 10.0 Å². The molecule has 8 heteroatoms. The minimum atomic E-state index is -0.725. The number of quaternary nitrogens is 1. The highest BCUT2D eigenvalue weighted by atomic mass is 79.9. The molecule has 0 aromatic heterocycles. The third-order valence-electron chi connectivity index (χ3n) is 6.25. The van der Waals surface area contributed by atoms with Gasteiger partial charge in [-0.15, -0.1) is 0 Å². The fraction of sp³-hybridized carbons (Fsp3) is 0.391. The molecule has 2 amide bonds. The third kappa shape index (κ3) is 4.99. The van der Waals surface area contributed by atoms with Crippen LogP contribution in [0.4, 0.5) is 0 Å².